The van der Waals surface area contributed by atoms with Gasteiger partial charge in [-0.05, 0) is 26.7 Å². The van der Waals surface area contributed by atoms with Gasteiger partial charge in [0.05, 0.1) is 18.3 Å². The molecule has 21 heavy (non-hydrogen) atoms. The summed E-state index contributed by atoms with van der Waals surface area (Å²) in [6, 6.07) is 0.387. The summed E-state index contributed by atoms with van der Waals surface area (Å²) in [5.74, 6) is 0.159. The lowest BCUT2D eigenvalue weighted by Crippen LogP contribution is -2.54. The first-order valence-electron chi connectivity index (χ1n) is 8.29. The fourth-order valence-electron chi connectivity index (χ4n) is 3.49. The minimum absolute atomic E-state index is 0.0359. The van der Waals surface area contributed by atoms with E-state index in [4.69, 9.17) is 4.74 Å². The number of nitrogens with zero attached hydrogens (tertiary/aromatic N) is 1. The Morgan fingerprint density at radius 3 is 2.71 bits per heavy atom. The number of aliphatic hydroxyl groups excluding tert-OH is 1. The van der Waals surface area contributed by atoms with Crippen molar-refractivity contribution in [2.75, 3.05) is 26.2 Å². The van der Waals surface area contributed by atoms with Gasteiger partial charge in [0.1, 0.15) is 0 Å². The van der Waals surface area contributed by atoms with Crippen LogP contribution in [0.15, 0.2) is 0 Å². The zero-order valence-electron chi connectivity index (χ0n) is 13.4. The van der Waals surface area contributed by atoms with Crippen LogP contribution in [0, 0.1) is 0 Å². The van der Waals surface area contributed by atoms with Crippen LogP contribution in [0.2, 0.25) is 0 Å². The molecule has 0 bridgehead atoms. The Balaban J connectivity index is 1.72. The summed E-state index contributed by atoms with van der Waals surface area (Å²) in [6.45, 7) is 6.35. The fourth-order valence-corrected chi connectivity index (χ4v) is 3.49. The highest BCUT2D eigenvalue weighted by atomic mass is 16.5. The number of carbonyl (C=O) groups excluding carboxylic acids is 1. The van der Waals surface area contributed by atoms with Crippen LogP contribution in [0.25, 0.3) is 0 Å². The first-order valence-corrected chi connectivity index (χ1v) is 8.29. The van der Waals surface area contributed by atoms with Gasteiger partial charge in [0.15, 0.2) is 0 Å². The molecule has 1 heterocycles. The Bertz CT molecular complexity index is 340. The smallest absolute Gasteiger partial charge is 0.221 e. The van der Waals surface area contributed by atoms with Crippen molar-refractivity contribution < 1.29 is 14.6 Å². The van der Waals surface area contributed by atoms with Gasteiger partial charge in [0, 0.05) is 32.1 Å². The summed E-state index contributed by atoms with van der Waals surface area (Å²) >= 11 is 0. The lowest BCUT2D eigenvalue weighted by atomic mass is 9.95. The number of nitrogens with one attached hydrogen (secondary N) is 1. The summed E-state index contributed by atoms with van der Waals surface area (Å²) in [7, 11) is 0. The molecule has 1 saturated heterocycles. The largest absolute Gasteiger partial charge is 0.394 e. The molecule has 2 rings (SSSR count). The normalized spacial score (nSPS) is 27.5. The van der Waals surface area contributed by atoms with Gasteiger partial charge in [0.2, 0.25) is 5.91 Å². The molecule has 0 radical (unpaired) electrons. The maximum Gasteiger partial charge on any atom is 0.221 e. The van der Waals surface area contributed by atoms with E-state index in [-0.39, 0.29) is 24.2 Å². The quantitative estimate of drug-likeness (QED) is 0.803. The summed E-state index contributed by atoms with van der Waals surface area (Å²) in [6.07, 6.45) is 6.42. The Hall–Kier alpha value is -0.650. The standard InChI is InChI=1S/C16H30N2O3/c1-16(2)12-18(10-14(11-19)21-16)9-8-15(20)17-13-6-4-3-5-7-13/h13-14,19H,3-12H2,1-2H3,(H,17,20). The summed E-state index contributed by atoms with van der Waals surface area (Å²) in [5.41, 5.74) is -0.258. The third-order valence-corrected chi connectivity index (χ3v) is 4.38. The lowest BCUT2D eigenvalue weighted by molar-refractivity contribution is -0.150. The van der Waals surface area contributed by atoms with Crippen LogP contribution in [0.4, 0.5) is 0 Å². The molecule has 0 aromatic carbocycles. The molecule has 2 N–H and O–H groups in total. The van der Waals surface area contributed by atoms with Crippen molar-refractivity contribution in [1.29, 1.82) is 0 Å². The van der Waals surface area contributed by atoms with Crippen molar-refractivity contribution in [2.45, 2.75) is 70.1 Å². The zero-order valence-corrected chi connectivity index (χ0v) is 13.4. The molecular formula is C16H30N2O3. The third kappa shape index (κ3) is 5.57. The molecular weight excluding hydrogens is 268 g/mol. The number of ether oxygens (including phenoxy) is 1. The van der Waals surface area contributed by atoms with Crippen molar-refractivity contribution in [3.63, 3.8) is 0 Å². The van der Waals surface area contributed by atoms with E-state index >= 15 is 0 Å². The maximum atomic E-state index is 12.0. The van der Waals surface area contributed by atoms with Gasteiger partial charge in [0.25, 0.3) is 0 Å². The highest BCUT2D eigenvalue weighted by molar-refractivity contribution is 5.76. The first kappa shape index (κ1) is 16.7. The molecule has 5 nitrogen and oxygen atoms in total. The second kappa shape index (κ2) is 7.56. The van der Waals surface area contributed by atoms with Crippen LogP contribution in [-0.2, 0) is 9.53 Å². The second-order valence-electron chi connectivity index (χ2n) is 7.07. The van der Waals surface area contributed by atoms with Gasteiger partial charge in [-0.15, -0.1) is 0 Å². The van der Waals surface area contributed by atoms with E-state index in [1.54, 1.807) is 0 Å². The van der Waals surface area contributed by atoms with Gasteiger partial charge in [-0.25, -0.2) is 0 Å². The number of morpholine rings is 1. The van der Waals surface area contributed by atoms with Gasteiger partial charge < -0.3 is 15.2 Å². The van der Waals surface area contributed by atoms with Crippen LogP contribution < -0.4 is 5.32 Å². The Kier molecular flexibility index (Phi) is 6.02. The lowest BCUT2D eigenvalue weighted by Gasteiger charge is -2.42. The van der Waals surface area contributed by atoms with Crippen molar-refractivity contribution in [3.05, 3.63) is 0 Å². The highest BCUT2D eigenvalue weighted by Crippen LogP contribution is 2.21. The van der Waals surface area contributed by atoms with Crippen LogP contribution in [0.5, 0.6) is 0 Å². The van der Waals surface area contributed by atoms with E-state index in [0.717, 1.165) is 25.9 Å². The van der Waals surface area contributed by atoms with E-state index in [1.165, 1.54) is 19.3 Å². The van der Waals surface area contributed by atoms with Crippen molar-refractivity contribution in [2.24, 2.45) is 0 Å². The number of rotatable bonds is 5. The minimum atomic E-state index is -0.258. The third-order valence-electron chi connectivity index (χ3n) is 4.38. The number of hydrogen-bond acceptors (Lipinski definition) is 4. The van der Waals surface area contributed by atoms with Crippen LogP contribution in [0.1, 0.15) is 52.4 Å². The van der Waals surface area contributed by atoms with Crippen LogP contribution in [-0.4, -0.2) is 59.9 Å². The molecule has 1 aliphatic carbocycles. The van der Waals surface area contributed by atoms with E-state index in [1.807, 2.05) is 13.8 Å². The monoisotopic (exact) mass is 298 g/mol. The molecule has 1 aliphatic heterocycles. The SMILES string of the molecule is CC1(C)CN(CCC(=O)NC2CCCCC2)CC(CO)O1. The second-order valence-corrected chi connectivity index (χ2v) is 7.07. The molecule has 122 valence electrons. The molecule has 0 spiro atoms. The van der Waals surface area contributed by atoms with Crippen molar-refractivity contribution in [1.82, 2.24) is 10.2 Å². The Labute approximate surface area is 128 Å². The molecule has 0 aromatic rings. The highest BCUT2D eigenvalue weighted by Gasteiger charge is 2.33. The molecule has 5 heteroatoms. The average molecular weight is 298 g/mol. The van der Waals surface area contributed by atoms with Crippen molar-refractivity contribution in [3.8, 4) is 0 Å². The average Bonchev–Trinajstić information content (AvgIpc) is 2.44. The molecule has 1 atom stereocenters. The number of carbonyl (C=O) groups is 1. The van der Waals surface area contributed by atoms with Crippen LogP contribution >= 0.6 is 0 Å². The topological polar surface area (TPSA) is 61.8 Å². The van der Waals surface area contributed by atoms with E-state index in [2.05, 4.69) is 10.2 Å². The summed E-state index contributed by atoms with van der Waals surface area (Å²) in [5, 5.41) is 12.5. The molecule has 2 aliphatic rings. The molecule has 2 fully saturated rings. The van der Waals surface area contributed by atoms with Gasteiger partial charge in [-0.2, -0.15) is 0 Å². The number of aliphatic hydroxyl groups is 1. The van der Waals surface area contributed by atoms with Crippen molar-refractivity contribution >= 4 is 5.91 Å². The molecule has 1 saturated carbocycles. The van der Waals surface area contributed by atoms with Gasteiger partial charge >= 0.3 is 0 Å². The molecule has 1 unspecified atom stereocenters. The van der Waals surface area contributed by atoms with Gasteiger partial charge in [-0.1, -0.05) is 19.3 Å². The zero-order chi connectivity index (χ0) is 15.3. The van der Waals surface area contributed by atoms with Crippen LogP contribution in [0.3, 0.4) is 0 Å². The number of amides is 1. The summed E-state index contributed by atoms with van der Waals surface area (Å²) < 4.78 is 5.79. The molecule has 0 aromatic heterocycles. The predicted molar refractivity (Wildman–Crippen MR) is 82.1 cm³/mol. The van der Waals surface area contributed by atoms with E-state index in [0.29, 0.717) is 19.0 Å². The van der Waals surface area contributed by atoms with Gasteiger partial charge in [-0.3, -0.25) is 9.69 Å². The van der Waals surface area contributed by atoms with E-state index < -0.39 is 0 Å². The molecule has 1 amide bonds. The van der Waals surface area contributed by atoms with E-state index in [9.17, 15) is 9.90 Å². The minimum Gasteiger partial charge on any atom is -0.394 e. The Morgan fingerprint density at radius 1 is 1.33 bits per heavy atom. The first-order chi connectivity index (χ1) is 9.98. The fraction of sp³-hybridized carbons (Fsp3) is 0.938. The summed E-state index contributed by atoms with van der Waals surface area (Å²) in [4.78, 5) is 14.3. The maximum absolute atomic E-state index is 12.0. The number of hydrogen-bond donors (Lipinski definition) is 2. The predicted octanol–water partition coefficient (Wildman–Crippen LogP) is 1.30. The Morgan fingerprint density at radius 2 is 2.05 bits per heavy atom.